The number of halogens is 2. The van der Waals surface area contributed by atoms with Gasteiger partial charge in [-0.1, -0.05) is 19.3 Å². The van der Waals surface area contributed by atoms with Gasteiger partial charge in [0.25, 0.3) is 0 Å². The molecule has 0 aromatic rings. The van der Waals surface area contributed by atoms with E-state index < -0.39 is 24.6 Å². The van der Waals surface area contributed by atoms with Crippen LogP contribution in [0.5, 0.6) is 0 Å². The molecule has 28 heavy (non-hydrogen) atoms. The molecule has 164 valence electrons. The highest BCUT2D eigenvalue weighted by Crippen LogP contribution is 2.48. The molecule has 3 aliphatic rings. The van der Waals surface area contributed by atoms with Gasteiger partial charge in [0.15, 0.2) is 6.17 Å². The van der Waals surface area contributed by atoms with Crippen molar-refractivity contribution in [1.82, 2.24) is 0 Å². The Balaban J connectivity index is 0.00000196. The minimum absolute atomic E-state index is 0. The highest BCUT2D eigenvalue weighted by molar-refractivity contribution is 5.02. The van der Waals surface area contributed by atoms with Crippen LogP contribution in [0.15, 0.2) is 0 Å². The minimum atomic E-state index is -1.10. The van der Waals surface area contributed by atoms with Gasteiger partial charge >= 0.3 is 0 Å². The average molecular weight is 407 g/mol. The molecule has 1 aliphatic heterocycles. The van der Waals surface area contributed by atoms with Crippen molar-refractivity contribution in [3.8, 4) is 11.8 Å². The normalized spacial score (nSPS) is 39.3. The Morgan fingerprint density at radius 3 is 2.29 bits per heavy atom. The molecule has 2 saturated carbocycles. The second-order valence-corrected chi connectivity index (χ2v) is 7.87. The number of hydrogen-bond donors (Lipinski definition) is 0. The number of alkyl halides is 2. The SMILES string of the molecule is CC#CCOC1CCC2C(COC3C(F)C(OCCCC)CCC23)C1F.O.O. The number of hydrogen-bond acceptors (Lipinski definition) is 3. The molecule has 8 unspecified atom stereocenters. The zero-order chi connectivity index (χ0) is 18.5. The van der Waals surface area contributed by atoms with Crippen molar-refractivity contribution in [1.29, 1.82) is 0 Å². The van der Waals surface area contributed by atoms with Gasteiger partial charge in [0.05, 0.1) is 24.9 Å². The van der Waals surface area contributed by atoms with E-state index in [1.807, 2.05) is 0 Å². The van der Waals surface area contributed by atoms with Crippen molar-refractivity contribution in [3.63, 3.8) is 0 Å². The van der Waals surface area contributed by atoms with E-state index in [-0.39, 0.29) is 48.0 Å². The van der Waals surface area contributed by atoms with Gasteiger partial charge in [-0.3, -0.25) is 0 Å². The topological polar surface area (TPSA) is 90.7 Å². The standard InChI is InChI=1S/C21H32F2O3.2H2O/c1-3-5-11-24-17-9-7-14-15-8-10-18(25-12-6-4-2)20(23)21(15)26-13-16(14)19(17)22;;/h14-21H,4,6-13H2,1-2H3;2*1H2. The van der Waals surface area contributed by atoms with Crippen LogP contribution in [-0.4, -0.2) is 61.4 Å². The molecule has 0 bridgehead atoms. The molecule has 0 spiro atoms. The molecule has 0 amide bonds. The maximum absolute atomic E-state index is 15.0. The van der Waals surface area contributed by atoms with Gasteiger partial charge in [-0.05, 0) is 50.9 Å². The van der Waals surface area contributed by atoms with E-state index in [1.165, 1.54) is 0 Å². The lowest BCUT2D eigenvalue weighted by atomic mass is 9.63. The molecular formula is C21H36F2O5. The Labute approximate surface area is 167 Å². The van der Waals surface area contributed by atoms with Crippen molar-refractivity contribution in [2.24, 2.45) is 17.8 Å². The monoisotopic (exact) mass is 406 g/mol. The van der Waals surface area contributed by atoms with Gasteiger partial charge in [-0.15, -0.1) is 5.92 Å². The second-order valence-electron chi connectivity index (χ2n) is 7.87. The quantitative estimate of drug-likeness (QED) is 0.501. The Morgan fingerprint density at radius 2 is 1.61 bits per heavy atom. The zero-order valence-electron chi connectivity index (χ0n) is 17.0. The van der Waals surface area contributed by atoms with Crippen molar-refractivity contribution in [3.05, 3.63) is 0 Å². The van der Waals surface area contributed by atoms with E-state index in [0.29, 0.717) is 19.4 Å². The zero-order valence-corrected chi connectivity index (χ0v) is 17.0. The Kier molecular flexibility index (Phi) is 10.9. The summed E-state index contributed by atoms with van der Waals surface area (Å²) in [7, 11) is 0. The third-order valence-corrected chi connectivity index (χ3v) is 6.38. The van der Waals surface area contributed by atoms with Gasteiger partial charge < -0.3 is 25.2 Å². The molecule has 0 radical (unpaired) electrons. The first kappa shape index (κ1) is 25.3. The summed E-state index contributed by atoms with van der Waals surface area (Å²) in [5.74, 6) is 5.70. The summed E-state index contributed by atoms with van der Waals surface area (Å²) in [4.78, 5) is 0. The van der Waals surface area contributed by atoms with Crippen LogP contribution >= 0.6 is 0 Å². The van der Waals surface area contributed by atoms with E-state index >= 15 is 0 Å². The first-order chi connectivity index (χ1) is 12.7. The summed E-state index contributed by atoms with van der Waals surface area (Å²) in [5.41, 5.74) is 0. The van der Waals surface area contributed by atoms with Crippen molar-refractivity contribution in [2.45, 2.75) is 83.0 Å². The Hall–Kier alpha value is -0.780. The predicted octanol–water partition coefficient (Wildman–Crippen LogP) is 2.44. The van der Waals surface area contributed by atoms with Crippen LogP contribution in [0.2, 0.25) is 0 Å². The van der Waals surface area contributed by atoms with Crippen LogP contribution in [0.3, 0.4) is 0 Å². The number of fused-ring (bicyclic) bond motifs is 3. The Morgan fingerprint density at radius 1 is 0.929 bits per heavy atom. The summed E-state index contributed by atoms with van der Waals surface area (Å²) in [6.07, 6.45) is 1.77. The molecule has 1 heterocycles. The van der Waals surface area contributed by atoms with E-state index in [4.69, 9.17) is 14.2 Å². The predicted molar refractivity (Wildman–Crippen MR) is 104 cm³/mol. The molecule has 1 saturated heterocycles. The third-order valence-electron chi connectivity index (χ3n) is 6.38. The van der Waals surface area contributed by atoms with E-state index in [9.17, 15) is 8.78 Å². The van der Waals surface area contributed by atoms with E-state index in [2.05, 4.69) is 18.8 Å². The van der Waals surface area contributed by atoms with Gasteiger partial charge in [-0.25, -0.2) is 8.78 Å². The van der Waals surface area contributed by atoms with E-state index in [1.54, 1.807) is 6.92 Å². The molecule has 2 aliphatic carbocycles. The number of rotatable bonds is 6. The molecule has 3 fully saturated rings. The molecule has 4 N–H and O–H groups in total. The third kappa shape index (κ3) is 5.43. The highest BCUT2D eigenvalue weighted by atomic mass is 19.1. The summed E-state index contributed by atoms with van der Waals surface area (Å²) >= 11 is 0. The summed E-state index contributed by atoms with van der Waals surface area (Å²) in [6, 6.07) is 0. The van der Waals surface area contributed by atoms with Gasteiger partial charge in [-0.2, -0.15) is 0 Å². The molecule has 0 aromatic heterocycles. The van der Waals surface area contributed by atoms with Crippen molar-refractivity contribution < 1.29 is 33.9 Å². The smallest absolute Gasteiger partial charge is 0.152 e. The summed E-state index contributed by atoms with van der Waals surface area (Å²) in [6.45, 7) is 5.01. The fraction of sp³-hybridized carbons (Fsp3) is 0.905. The molecular weight excluding hydrogens is 370 g/mol. The summed E-state index contributed by atoms with van der Waals surface area (Å²) < 4.78 is 47.2. The molecule has 3 rings (SSSR count). The maximum atomic E-state index is 15.0. The Bertz CT molecular complexity index is 509. The highest BCUT2D eigenvalue weighted by Gasteiger charge is 2.53. The van der Waals surface area contributed by atoms with Crippen LogP contribution in [0, 0.1) is 29.6 Å². The van der Waals surface area contributed by atoms with Crippen LogP contribution in [-0.2, 0) is 14.2 Å². The molecule has 0 aromatic carbocycles. The second kappa shape index (κ2) is 12.0. The number of unbranched alkanes of at least 4 members (excludes halogenated alkanes) is 1. The van der Waals surface area contributed by atoms with Crippen LogP contribution in [0.25, 0.3) is 0 Å². The lowest BCUT2D eigenvalue weighted by molar-refractivity contribution is -0.204. The fourth-order valence-corrected chi connectivity index (χ4v) is 4.96. The van der Waals surface area contributed by atoms with Crippen molar-refractivity contribution in [2.75, 3.05) is 19.8 Å². The lowest BCUT2D eigenvalue weighted by Gasteiger charge is -2.52. The lowest BCUT2D eigenvalue weighted by Crippen LogP contribution is -2.58. The number of ether oxygens (including phenoxy) is 3. The first-order valence-electron chi connectivity index (χ1n) is 10.2. The minimum Gasteiger partial charge on any atom is -0.412 e. The van der Waals surface area contributed by atoms with Gasteiger partial charge in [0.1, 0.15) is 12.8 Å². The van der Waals surface area contributed by atoms with Gasteiger partial charge in [0, 0.05) is 12.5 Å². The van der Waals surface area contributed by atoms with E-state index in [0.717, 1.165) is 25.7 Å². The molecule has 8 atom stereocenters. The average Bonchev–Trinajstić information content (AvgIpc) is 2.65. The molecule has 7 heteroatoms. The largest absolute Gasteiger partial charge is 0.412 e. The molecule has 5 nitrogen and oxygen atoms in total. The first-order valence-corrected chi connectivity index (χ1v) is 10.2. The van der Waals surface area contributed by atoms with Crippen molar-refractivity contribution >= 4 is 0 Å². The summed E-state index contributed by atoms with van der Waals surface area (Å²) in [5, 5.41) is 0. The fourth-order valence-electron chi connectivity index (χ4n) is 4.96. The van der Waals surface area contributed by atoms with Gasteiger partial charge in [0.2, 0.25) is 0 Å². The van der Waals surface area contributed by atoms with Crippen LogP contribution < -0.4 is 0 Å². The van der Waals surface area contributed by atoms with Crippen LogP contribution in [0.4, 0.5) is 8.78 Å². The van der Waals surface area contributed by atoms with Crippen LogP contribution in [0.1, 0.15) is 52.4 Å². The maximum Gasteiger partial charge on any atom is 0.152 e.